The molecule has 0 aromatic heterocycles. The third-order valence-electron chi connectivity index (χ3n) is 3.89. The summed E-state index contributed by atoms with van der Waals surface area (Å²) in [5.41, 5.74) is 0.934. The van der Waals surface area contributed by atoms with Gasteiger partial charge in [0.1, 0.15) is 5.75 Å². The maximum absolute atomic E-state index is 12.5. The van der Waals surface area contributed by atoms with E-state index >= 15 is 0 Å². The predicted octanol–water partition coefficient (Wildman–Crippen LogP) is 3.06. The lowest BCUT2D eigenvalue weighted by Gasteiger charge is -2.18. The van der Waals surface area contributed by atoms with Crippen molar-refractivity contribution in [2.24, 2.45) is 0 Å². The maximum atomic E-state index is 12.5. The molecule has 0 saturated heterocycles. The predicted molar refractivity (Wildman–Crippen MR) is 112 cm³/mol. The number of thioether (sulfide) groups is 1. The number of esters is 1. The number of nitrogens with one attached hydrogen (secondary N) is 1. The zero-order chi connectivity index (χ0) is 21.4. The smallest absolute Gasteiger partial charge is 0.340 e. The van der Waals surface area contributed by atoms with Gasteiger partial charge in [-0.15, -0.1) is 11.8 Å². The minimum Gasteiger partial charge on any atom is -0.497 e. The largest absolute Gasteiger partial charge is 0.497 e. The molecule has 7 nitrogen and oxygen atoms in total. The first-order valence-electron chi connectivity index (χ1n) is 8.89. The van der Waals surface area contributed by atoms with Crippen molar-refractivity contribution in [1.82, 2.24) is 4.90 Å². The van der Waals surface area contributed by atoms with Crippen molar-refractivity contribution in [1.29, 1.82) is 0 Å². The van der Waals surface area contributed by atoms with Crippen LogP contribution in [-0.2, 0) is 14.3 Å². The molecule has 0 saturated carbocycles. The van der Waals surface area contributed by atoms with Gasteiger partial charge in [0.15, 0.2) is 6.10 Å². The lowest BCUT2D eigenvalue weighted by atomic mass is 10.2. The van der Waals surface area contributed by atoms with E-state index in [1.54, 1.807) is 69.7 Å². The van der Waals surface area contributed by atoms with E-state index in [9.17, 15) is 14.4 Å². The summed E-state index contributed by atoms with van der Waals surface area (Å²) in [5.74, 6) is -0.383. The summed E-state index contributed by atoms with van der Waals surface area (Å²) >= 11 is 1.21. The number of rotatable bonds is 8. The van der Waals surface area contributed by atoms with Gasteiger partial charge in [-0.05, 0) is 31.2 Å². The number of carbonyl (C=O) groups is 3. The number of ether oxygens (including phenoxy) is 2. The summed E-state index contributed by atoms with van der Waals surface area (Å²) in [7, 11) is 4.74. The van der Waals surface area contributed by atoms with Crippen LogP contribution in [0.1, 0.15) is 17.3 Å². The lowest BCUT2D eigenvalue weighted by molar-refractivity contribution is -0.137. The van der Waals surface area contributed by atoms with Gasteiger partial charge in [-0.1, -0.05) is 18.2 Å². The number of hydrogen-bond acceptors (Lipinski definition) is 6. The van der Waals surface area contributed by atoms with Gasteiger partial charge in [0.05, 0.1) is 18.4 Å². The van der Waals surface area contributed by atoms with Crippen LogP contribution in [0.3, 0.4) is 0 Å². The second-order valence-electron chi connectivity index (χ2n) is 6.35. The quantitative estimate of drug-likeness (QED) is 0.526. The molecule has 154 valence electrons. The van der Waals surface area contributed by atoms with E-state index in [-0.39, 0.29) is 17.6 Å². The number of hydrogen-bond donors (Lipinski definition) is 1. The van der Waals surface area contributed by atoms with Crippen LogP contribution in [0.25, 0.3) is 0 Å². The molecule has 0 aliphatic carbocycles. The van der Waals surface area contributed by atoms with Gasteiger partial charge >= 0.3 is 5.97 Å². The van der Waals surface area contributed by atoms with Gasteiger partial charge in [-0.25, -0.2) is 4.79 Å². The highest BCUT2D eigenvalue weighted by Gasteiger charge is 2.22. The van der Waals surface area contributed by atoms with Crippen LogP contribution in [0.15, 0.2) is 53.4 Å². The van der Waals surface area contributed by atoms with Gasteiger partial charge in [0.2, 0.25) is 5.91 Å². The van der Waals surface area contributed by atoms with Crippen molar-refractivity contribution in [3.63, 3.8) is 0 Å². The number of carbonyl (C=O) groups excluding carboxylic acids is 3. The Bertz CT molecular complexity index is 885. The standard InChI is InChI=1S/C21H24N2O5S/c1-14(20(25)23(2)3)28-21(26)17-10-5-6-11-18(17)29-13-19(24)22-15-8-7-9-16(12-15)27-4/h5-12,14H,13H2,1-4H3,(H,22,24). The first-order valence-corrected chi connectivity index (χ1v) is 9.88. The SMILES string of the molecule is COc1cccc(NC(=O)CSc2ccccc2C(=O)OC(C)C(=O)N(C)C)c1. The Morgan fingerprint density at radius 2 is 1.83 bits per heavy atom. The topological polar surface area (TPSA) is 84.9 Å². The Balaban J connectivity index is 2.00. The summed E-state index contributed by atoms with van der Waals surface area (Å²) < 4.78 is 10.4. The number of nitrogens with zero attached hydrogens (tertiary/aromatic N) is 1. The van der Waals surface area contributed by atoms with Crippen LogP contribution in [0.5, 0.6) is 5.75 Å². The number of likely N-dealkylation sites (N-methyl/N-ethyl adjacent to an activating group) is 1. The van der Waals surface area contributed by atoms with E-state index < -0.39 is 12.1 Å². The van der Waals surface area contributed by atoms with E-state index in [4.69, 9.17) is 9.47 Å². The van der Waals surface area contributed by atoms with Crippen LogP contribution in [0, 0.1) is 0 Å². The van der Waals surface area contributed by atoms with Gasteiger partial charge in [0, 0.05) is 30.7 Å². The Morgan fingerprint density at radius 1 is 1.10 bits per heavy atom. The molecule has 0 aliphatic rings. The van der Waals surface area contributed by atoms with Gasteiger partial charge in [-0.3, -0.25) is 9.59 Å². The molecule has 0 radical (unpaired) electrons. The van der Waals surface area contributed by atoms with Crippen molar-refractivity contribution in [3.8, 4) is 5.75 Å². The highest BCUT2D eigenvalue weighted by atomic mass is 32.2. The summed E-state index contributed by atoms with van der Waals surface area (Å²) in [4.78, 5) is 38.6. The van der Waals surface area contributed by atoms with E-state index in [1.807, 2.05) is 0 Å². The van der Waals surface area contributed by atoms with E-state index in [2.05, 4.69) is 5.32 Å². The van der Waals surface area contributed by atoms with Crippen LogP contribution < -0.4 is 10.1 Å². The third kappa shape index (κ3) is 6.53. The summed E-state index contributed by atoms with van der Waals surface area (Å²) in [5, 5.41) is 2.79. The normalized spacial score (nSPS) is 11.3. The Labute approximate surface area is 174 Å². The van der Waals surface area contributed by atoms with Crippen molar-refractivity contribution in [2.75, 3.05) is 32.3 Å². The molecule has 2 aromatic carbocycles. The van der Waals surface area contributed by atoms with Gasteiger partial charge < -0.3 is 19.7 Å². The van der Waals surface area contributed by atoms with E-state index in [0.717, 1.165) is 0 Å². The first-order chi connectivity index (χ1) is 13.8. The molecule has 0 bridgehead atoms. The molecule has 8 heteroatoms. The van der Waals surface area contributed by atoms with E-state index in [0.29, 0.717) is 21.9 Å². The van der Waals surface area contributed by atoms with Crippen molar-refractivity contribution in [2.45, 2.75) is 17.9 Å². The second-order valence-corrected chi connectivity index (χ2v) is 7.36. The lowest BCUT2D eigenvalue weighted by Crippen LogP contribution is -2.35. The molecule has 0 aliphatic heterocycles. The molecule has 2 amide bonds. The average molecular weight is 416 g/mol. The molecule has 1 atom stereocenters. The molecule has 0 heterocycles. The van der Waals surface area contributed by atoms with E-state index in [1.165, 1.54) is 23.6 Å². The minimum atomic E-state index is -0.896. The Hall–Kier alpha value is -3.00. The highest BCUT2D eigenvalue weighted by Crippen LogP contribution is 2.24. The summed E-state index contributed by atoms with van der Waals surface area (Å²) in [6, 6.07) is 13.9. The van der Waals surface area contributed by atoms with Crippen LogP contribution in [0.2, 0.25) is 0 Å². The molecule has 29 heavy (non-hydrogen) atoms. The summed E-state index contributed by atoms with van der Waals surface area (Å²) in [6.45, 7) is 1.53. The molecule has 0 fully saturated rings. The number of amides is 2. The van der Waals surface area contributed by atoms with Crippen LogP contribution in [0.4, 0.5) is 5.69 Å². The number of benzene rings is 2. The fourth-order valence-corrected chi connectivity index (χ4v) is 3.28. The van der Waals surface area contributed by atoms with Crippen molar-refractivity contribution in [3.05, 3.63) is 54.1 Å². The minimum absolute atomic E-state index is 0.105. The molecular formula is C21H24N2O5S. The zero-order valence-electron chi connectivity index (χ0n) is 16.8. The fraction of sp³-hybridized carbons (Fsp3) is 0.286. The molecule has 2 aromatic rings. The van der Waals surface area contributed by atoms with Crippen LogP contribution in [-0.4, -0.2) is 55.7 Å². The fourth-order valence-electron chi connectivity index (χ4n) is 2.44. The number of methoxy groups -OCH3 is 1. The molecule has 0 spiro atoms. The number of anilines is 1. The second kappa shape index (κ2) is 10.5. The van der Waals surface area contributed by atoms with Crippen molar-refractivity contribution >= 4 is 35.2 Å². The van der Waals surface area contributed by atoms with Crippen LogP contribution >= 0.6 is 11.8 Å². The molecule has 2 rings (SSSR count). The van der Waals surface area contributed by atoms with Gasteiger partial charge in [-0.2, -0.15) is 0 Å². The summed E-state index contributed by atoms with van der Waals surface area (Å²) in [6.07, 6.45) is -0.896. The molecule has 1 N–H and O–H groups in total. The average Bonchev–Trinajstić information content (AvgIpc) is 2.71. The molecule has 1 unspecified atom stereocenters. The maximum Gasteiger partial charge on any atom is 0.340 e. The molecular weight excluding hydrogens is 392 g/mol. The third-order valence-corrected chi connectivity index (χ3v) is 4.97. The van der Waals surface area contributed by atoms with Crippen molar-refractivity contribution < 1.29 is 23.9 Å². The highest BCUT2D eigenvalue weighted by molar-refractivity contribution is 8.00. The Morgan fingerprint density at radius 3 is 2.52 bits per heavy atom. The Kier molecular flexibility index (Phi) is 8.09. The monoisotopic (exact) mass is 416 g/mol. The first kappa shape index (κ1) is 22.3. The van der Waals surface area contributed by atoms with Gasteiger partial charge in [0.25, 0.3) is 5.91 Å². The zero-order valence-corrected chi connectivity index (χ0v) is 17.6.